The summed E-state index contributed by atoms with van der Waals surface area (Å²) in [5, 5.41) is 0. The van der Waals surface area contributed by atoms with Gasteiger partial charge in [-0.2, -0.15) is 11.8 Å². The largest absolute Gasteiger partial charge is 0.469 e. The minimum atomic E-state index is -0.103. The van der Waals surface area contributed by atoms with Crippen LogP contribution in [0.3, 0.4) is 0 Å². The van der Waals surface area contributed by atoms with Gasteiger partial charge in [0.05, 0.1) is 13.5 Å². The van der Waals surface area contributed by atoms with Gasteiger partial charge in [-0.15, -0.1) is 0 Å². The van der Waals surface area contributed by atoms with E-state index in [0.717, 1.165) is 11.5 Å². The van der Waals surface area contributed by atoms with E-state index in [1.54, 1.807) is 0 Å². The average Bonchev–Trinajstić information content (AvgIpc) is 2.04. The number of carbonyl (C=O) groups excluding carboxylic acids is 1. The van der Waals surface area contributed by atoms with Crippen molar-refractivity contribution in [3.63, 3.8) is 0 Å². The highest BCUT2D eigenvalue weighted by Crippen LogP contribution is 2.06. The predicted octanol–water partition coefficient (Wildman–Crippen LogP) is 2.08. The summed E-state index contributed by atoms with van der Waals surface area (Å²) in [5.41, 5.74) is 0. The fourth-order valence-electron chi connectivity index (χ4n) is 0.606. The molecule has 0 unspecified atom stereocenters. The van der Waals surface area contributed by atoms with Crippen LogP contribution in [0.1, 0.15) is 26.2 Å². The highest BCUT2D eigenvalue weighted by Gasteiger charge is 1.98. The van der Waals surface area contributed by atoms with Gasteiger partial charge in [0.15, 0.2) is 0 Å². The van der Waals surface area contributed by atoms with Crippen LogP contribution in [0.2, 0.25) is 0 Å². The molecule has 3 heteroatoms. The van der Waals surface area contributed by atoms with Crippen molar-refractivity contribution < 1.29 is 9.53 Å². The molecule has 0 heterocycles. The van der Waals surface area contributed by atoms with Crippen LogP contribution in [0.25, 0.3) is 0 Å². The van der Waals surface area contributed by atoms with Crippen molar-refractivity contribution in [2.45, 2.75) is 26.2 Å². The van der Waals surface area contributed by atoms with Gasteiger partial charge in [0.1, 0.15) is 0 Å². The molecule has 0 radical (unpaired) electrons. The molecule has 0 bridgehead atoms. The molecular weight excluding hydrogens is 160 g/mol. The van der Waals surface area contributed by atoms with Crippen LogP contribution < -0.4 is 0 Å². The van der Waals surface area contributed by atoms with Crippen LogP contribution in [0.4, 0.5) is 0 Å². The van der Waals surface area contributed by atoms with Crippen LogP contribution >= 0.6 is 11.8 Å². The molecule has 0 aromatic rings. The molecule has 0 spiro atoms. The van der Waals surface area contributed by atoms with Gasteiger partial charge in [0, 0.05) is 5.75 Å². The molecule has 0 aromatic carbocycles. The summed E-state index contributed by atoms with van der Waals surface area (Å²) in [6, 6.07) is 0. The molecule has 0 fully saturated rings. The van der Waals surface area contributed by atoms with Crippen LogP contribution in [0.15, 0.2) is 0 Å². The summed E-state index contributed by atoms with van der Waals surface area (Å²) >= 11 is 1.82. The van der Waals surface area contributed by atoms with Crippen LogP contribution in [0.5, 0.6) is 0 Å². The maximum atomic E-state index is 10.6. The van der Waals surface area contributed by atoms with Crippen molar-refractivity contribution in [2.75, 3.05) is 18.6 Å². The van der Waals surface area contributed by atoms with Crippen LogP contribution in [0, 0.1) is 0 Å². The molecule has 0 aliphatic heterocycles. The Kier molecular flexibility index (Phi) is 7.79. The fraction of sp³-hybridized carbons (Fsp3) is 0.875. The first-order valence-corrected chi connectivity index (χ1v) is 5.11. The Balaban J connectivity index is 2.95. The Morgan fingerprint density at radius 2 is 2.18 bits per heavy atom. The van der Waals surface area contributed by atoms with E-state index in [1.165, 1.54) is 20.0 Å². The maximum absolute atomic E-state index is 10.6. The molecule has 11 heavy (non-hydrogen) atoms. The zero-order valence-corrected chi connectivity index (χ0v) is 8.08. The molecule has 0 aromatic heterocycles. The molecule has 0 amide bonds. The zero-order valence-electron chi connectivity index (χ0n) is 7.26. The lowest BCUT2D eigenvalue weighted by Gasteiger charge is -1.98. The highest BCUT2D eigenvalue weighted by molar-refractivity contribution is 7.99. The average molecular weight is 176 g/mol. The van der Waals surface area contributed by atoms with E-state index in [1.807, 2.05) is 11.8 Å². The first-order valence-electron chi connectivity index (χ1n) is 3.95. The molecule has 0 rings (SSSR count). The predicted molar refractivity (Wildman–Crippen MR) is 48.9 cm³/mol. The maximum Gasteiger partial charge on any atom is 0.306 e. The second-order valence-corrected chi connectivity index (χ2v) is 3.52. The Morgan fingerprint density at radius 1 is 1.45 bits per heavy atom. The highest BCUT2D eigenvalue weighted by atomic mass is 32.2. The fourth-order valence-corrected chi connectivity index (χ4v) is 1.61. The van der Waals surface area contributed by atoms with E-state index >= 15 is 0 Å². The zero-order chi connectivity index (χ0) is 8.53. The lowest BCUT2D eigenvalue weighted by Crippen LogP contribution is -2.01. The minimum absolute atomic E-state index is 0.103. The summed E-state index contributed by atoms with van der Waals surface area (Å²) in [6.07, 6.45) is 3.02. The first kappa shape index (κ1) is 10.8. The number of thioether (sulfide) groups is 1. The number of ether oxygens (including phenoxy) is 1. The molecule has 0 saturated carbocycles. The quantitative estimate of drug-likeness (QED) is 0.458. The topological polar surface area (TPSA) is 26.3 Å². The lowest BCUT2D eigenvalue weighted by molar-refractivity contribution is -0.140. The third-order valence-electron chi connectivity index (χ3n) is 1.32. The van der Waals surface area contributed by atoms with Crippen molar-refractivity contribution in [3.05, 3.63) is 0 Å². The van der Waals surface area contributed by atoms with E-state index in [-0.39, 0.29) is 5.97 Å². The van der Waals surface area contributed by atoms with Crippen molar-refractivity contribution >= 4 is 17.7 Å². The molecule has 0 atom stereocenters. The number of carbonyl (C=O) groups is 1. The molecular formula is C8H16O2S. The molecule has 2 nitrogen and oxygen atoms in total. The van der Waals surface area contributed by atoms with Gasteiger partial charge in [0.25, 0.3) is 0 Å². The summed E-state index contributed by atoms with van der Waals surface area (Å²) in [7, 11) is 1.43. The van der Waals surface area contributed by atoms with Gasteiger partial charge in [-0.25, -0.2) is 0 Å². The third kappa shape index (κ3) is 7.72. The second-order valence-electron chi connectivity index (χ2n) is 2.29. The van der Waals surface area contributed by atoms with Crippen LogP contribution in [-0.2, 0) is 9.53 Å². The Bertz CT molecular complexity index is 104. The smallest absolute Gasteiger partial charge is 0.306 e. The number of hydrogen-bond donors (Lipinski definition) is 0. The number of esters is 1. The Morgan fingerprint density at radius 3 is 2.73 bits per heavy atom. The minimum Gasteiger partial charge on any atom is -0.469 e. The Labute approximate surface area is 72.7 Å². The van der Waals surface area contributed by atoms with E-state index in [4.69, 9.17) is 0 Å². The third-order valence-corrected chi connectivity index (χ3v) is 2.39. The summed E-state index contributed by atoms with van der Waals surface area (Å²) < 4.78 is 4.50. The monoisotopic (exact) mass is 176 g/mol. The normalized spacial score (nSPS) is 9.64. The number of methoxy groups -OCH3 is 1. The number of rotatable bonds is 6. The van der Waals surface area contributed by atoms with Crippen molar-refractivity contribution in [2.24, 2.45) is 0 Å². The molecule has 0 saturated heterocycles. The standard InChI is InChI=1S/C8H16O2S/c1-3-4-6-11-7-5-8(9)10-2/h3-7H2,1-2H3. The summed E-state index contributed by atoms with van der Waals surface area (Å²) in [6.45, 7) is 2.17. The lowest BCUT2D eigenvalue weighted by atomic mass is 10.4. The van der Waals surface area contributed by atoms with Gasteiger partial charge in [-0.05, 0) is 12.2 Å². The van der Waals surface area contributed by atoms with E-state index in [0.29, 0.717) is 6.42 Å². The first-order chi connectivity index (χ1) is 5.31. The molecule has 0 aliphatic rings. The van der Waals surface area contributed by atoms with Crippen molar-refractivity contribution in [1.29, 1.82) is 0 Å². The van der Waals surface area contributed by atoms with Gasteiger partial charge in [-0.1, -0.05) is 13.3 Å². The summed E-state index contributed by atoms with van der Waals surface area (Å²) in [4.78, 5) is 10.6. The second kappa shape index (κ2) is 7.92. The summed E-state index contributed by atoms with van der Waals surface area (Å²) in [5.74, 6) is 1.95. The van der Waals surface area contributed by atoms with Crippen LogP contribution in [-0.4, -0.2) is 24.6 Å². The molecule has 0 aliphatic carbocycles. The Hall–Kier alpha value is -0.180. The van der Waals surface area contributed by atoms with Crippen molar-refractivity contribution in [1.82, 2.24) is 0 Å². The molecule has 0 N–H and O–H groups in total. The van der Waals surface area contributed by atoms with Gasteiger partial charge in [-0.3, -0.25) is 4.79 Å². The van der Waals surface area contributed by atoms with Gasteiger partial charge >= 0.3 is 5.97 Å². The van der Waals surface area contributed by atoms with Gasteiger partial charge < -0.3 is 4.74 Å². The molecule has 66 valence electrons. The van der Waals surface area contributed by atoms with E-state index < -0.39 is 0 Å². The van der Waals surface area contributed by atoms with Crippen molar-refractivity contribution in [3.8, 4) is 0 Å². The number of hydrogen-bond acceptors (Lipinski definition) is 3. The SMILES string of the molecule is CCCCSCCC(=O)OC. The number of unbranched alkanes of at least 4 members (excludes halogenated alkanes) is 1. The van der Waals surface area contributed by atoms with E-state index in [9.17, 15) is 4.79 Å². The van der Waals surface area contributed by atoms with E-state index in [2.05, 4.69) is 11.7 Å². The van der Waals surface area contributed by atoms with Gasteiger partial charge in [0.2, 0.25) is 0 Å².